The van der Waals surface area contributed by atoms with Gasteiger partial charge in [0, 0.05) is 12.6 Å². The van der Waals surface area contributed by atoms with Crippen molar-refractivity contribution < 1.29 is 4.79 Å². The molecule has 0 aliphatic heterocycles. The van der Waals surface area contributed by atoms with Crippen molar-refractivity contribution in [2.24, 2.45) is 0 Å². The number of hydrogen-bond donors (Lipinski definition) is 1. The van der Waals surface area contributed by atoms with Gasteiger partial charge in [0.2, 0.25) is 5.91 Å². The molecule has 2 aromatic carbocycles. The van der Waals surface area contributed by atoms with Gasteiger partial charge in [0.1, 0.15) is 18.3 Å². The summed E-state index contributed by atoms with van der Waals surface area (Å²) in [6.07, 6.45) is 7.57. The molecule has 0 unspecified atom stereocenters. The average Bonchev–Trinajstić information content (AvgIpc) is 3.39. The molecule has 4 aromatic rings. The van der Waals surface area contributed by atoms with Gasteiger partial charge in [-0.3, -0.25) is 4.79 Å². The number of halogens is 1. The molecule has 0 radical (unpaired) electrons. The lowest BCUT2D eigenvalue weighted by Gasteiger charge is -2.12. The Balaban J connectivity index is 1.42. The number of hydrogen-bond acceptors (Lipinski definition) is 4. The molecule has 8 heteroatoms. The van der Waals surface area contributed by atoms with Crippen LogP contribution in [0, 0.1) is 0 Å². The molecule has 1 amide bonds. The van der Waals surface area contributed by atoms with Crippen LogP contribution in [0.4, 0.5) is 5.69 Å². The Morgan fingerprint density at radius 1 is 1.04 bits per heavy atom. The van der Waals surface area contributed by atoms with Gasteiger partial charge in [0.05, 0.1) is 22.6 Å². The summed E-state index contributed by atoms with van der Waals surface area (Å²) in [6, 6.07) is 15.1. The van der Waals surface area contributed by atoms with Crippen LogP contribution in [0.25, 0.3) is 11.4 Å². The minimum atomic E-state index is -0.115. The van der Waals surface area contributed by atoms with Crippen molar-refractivity contribution in [1.29, 1.82) is 0 Å². The summed E-state index contributed by atoms with van der Waals surface area (Å²) >= 11 is 6.29. The van der Waals surface area contributed by atoms with Crippen molar-refractivity contribution in [3.05, 3.63) is 84.2 Å². The fourth-order valence-corrected chi connectivity index (χ4v) is 3.12. The highest BCUT2D eigenvalue weighted by molar-refractivity contribution is 6.33. The molecule has 0 aliphatic rings. The first-order chi connectivity index (χ1) is 13.7. The molecular weight excluding hydrogens is 376 g/mol. The van der Waals surface area contributed by atoms with Gasteiger partial charge in [0.25, 0.3) is 0 Å². The Labute approximate surface area is 166 Å². The highest BCUT2D eigenvalue weighted by Crippen LogP contribution is 2.27. The van der Waals surface area contributed by atoms with Crippen LogP contribution in [0.1, 0.15) is 12.0 Å². The lowest BCUT2D eigenvalue weighted by Crippen LogP contribution is -2.14. The number of carbonyl (C=O) groups is 1. The lowest BCUT2D eigenvalue weighted by molar-refractivity contribution is -0.116. The molecule has 7 nitrogen and oxygen atoms in total. The molecule has 0 bridgehead atoms. The second-order valence-electron chi connectivity index (χ2n) is 6.15. The van der Waals surface area contributed by atoms with E-state index in [-0.39, 0.29) is 5.91 Å². The SMILES string of the molecule is O=C(CCc1cnn(-c2ccccc2)c1)Nc1cccc(Cl)c1-n1cncn1. The number of aryl methyl sites for hydroxylation is 1. The van der Waals surface area contributed by atoms with E-state index in [1.165, 1.54) is 17.3 Å². The largest absolute Gasteiger partial charge is 0.324 e. The molecule has 0 spiro atoms. The molecule has 0 fully saturated rings. The van der Waals surface area contributed by atoms with Crippen LogP contribution in [0.5, 0.6) is 0 Å². The van der Waals surface area contributed by atoms with Gasteiger partial charge in [-0.25, -0.2) is 14.3 Å². The second kappa shape index (κ2) is 8.06. The number of anilines is 1. The number of nitrogens with one attached hydrogen (secondary N) is 1. The highest BCUT2D eigenvalue weighted by atomic mass is 35.5. The van der Waals surface area contributed by atoms with E-state index in [1.54, 1.807) is 29.1 Å². The van der Waals surface area contributed by atoms with Gasteiger partial charge in [-0.15, -0.1) is 0 Å². The zero-order valence-corrected chi connectivity index (χ0v) is 15.6. The van der Waals surface area contributed by atoms with E-state index in [4.69, 9.17) is 11.6 Å². The van der Waals surface area contributed by atoms with Crippen LogP contribution >= 0.6 is 11.6 Å². The molecule has 0 saturated carbocycles. The Bertz CT molecular complexity index is 1080. The van der Waals surface area contributed by atoms with Crippen molar-refractivity contribution in [1.82, 2.24) is 24.5 Å². The first-order valence-electron chi connectivity index (χ1n) is 8.73. The summed E-state index contributed by atoms with van der Waals surface area (Å²) in [5, 5.41) is 11.8. The molecule has 28 heavy (non-hydrogen) atoms. The number of amides is 1. The average molecular weight is 393 g/mol. The fourth-order valence-electron chi connectivity index (χ4n) is 2.85. The zero-order chi connectivity index (χ0) is 19.3. The van der Waals surface area contributed by atoms with E-state index in [1.807, 2.05) is 36.5 Å². The van der Waals surface area contributed by atoms with Crippen LogP contribution < -0.4 is 5.32 Å². The predicted molar refractivity (Wildman–Crippen MR) is 107 cm³/mol. The Kier molecular flexibility index (Phi) is 5.16. The van der Waals surface area contributed by atoms with Crippen LogP contribution in [0.2, 0.25) is 5.02 Å². The summed E-state index contributed by atoms with van der Waals surface area (Å²) in [6.45, 7) is 0. The number of benzene rings is 2. The van der Waals surface area contributed by atoms with Crippen LogP contribution in [0.3, 0.4) is 0 Å². The van der Waals surface area contributed by atoms with E-state index >= 15 is 0 Å². The molecule has 2 heterocycles. The monoisotopic (exact) mass is 392 g/mol. The third-order valence-corrected chi connectivity index (χ3v) is 4.51. The van der Waals surface area contributed by atoms with Gasteiger partial charge in [-0.1, -0.05) is 35.9 Å². The summed E-state index contributed by atoms with van der Waals surface area (Å²) < 4.78 is 3.33. The van der Waals surface area contributed by atoms with E-state index in [0.717, 1.165) is 11.3 Å². The molecule has 4 rings (SSSR count). The minimum absolute atomic E-state index is 0.115. The highest BCUT2D eigenvalue weighted by Gasteiger charge is 2.13. The molecular formula is C20H17ClN6O. The van der Waals surface area contributed by atoms with Crippen molar-refractivity contribution in [3.63, 3.8) is 0 Å². The van der Waals surface area contributed by atoms with Crippen molar-refractivity contribution in [2.45, 2.75) is 12.8 Å². The van der Waals surface area contributed by atoms with Crippen LogP contribution in [-0.4, -0.2) is 30.5 Å². The van der Waals surface area contributed by atoms with E-state index in [2.05, 4.69) is 20.5 Å². The van der Waals surface area contributed by atoms with Gasteiger partial charge < -0.3 is 5.32 Å². The third-order valence-electron chi connectivity index (χ3n) is 4.21. The van der Waals surface area contributed by atoms with E-state index in [9.17, 15) is 4.79 Å². The zero-order valence-electron chi connectivity index (χ0n) is 14.9. The van der Waals surface area contributed by atoms with E-state index < -0.39 is 0 Å². The summed E-state index contributed by atoms with van der Waals surface area (Å²) in [4.78, 5) is 16.4. The second-order valence-corrected chi connectivity index (χ2v) is 6.56. The minimum Gasteiger partial charge on any atom is -0.324 e. The molecule has 0 atom stereocenters. The Morgan fingerprint density at radius 2 is 1.89 bits per heavy atom. The lowest BCUT2D eigenvalue weighted by atomic mass is 10.2. The summed E-state index contributed by atoms with van der Waals surface area (Å²) in [5.74, 6) is -0.115. The maximum Gasteiger partial charge on any atom is 0.224 e. The van der Waals surface area contributed by atoms with Crippen molar-refractivity contribution in [3.8, 4) is 11.4 Å². The van der Waals surface area contributed by atoms with Gasteiger partial charge >= 0.3 is 0 Å². The Morgan fingerprint density at radius 3 is 2.68 bits per heavy atom. The number of carbonyl (C=O) groups excluding carboxylic acids is 1. The number of aromatic nitrogens is 5. The number of para-hydroxylation sites is 2. The van der Waals surface area contributed by atoms with Crippen LogP contribution in [-0.2, 0) is 11.2 Å². The number of rotatable bonds is 6. The molecule has 0 saturated heterocycles. The topological polar surface area (TPSA) is 77.6 Å². The normalized spacial score (nSPS) is 10.8. The number of nitrogens with zero attached hydrogens (tertiary/aromatic N) is 5. The predicted octanol–water partition coefficient (Wildman–Crippen LogP) is 3.68. The maximum atomic E-state index is 12.5. The maximum absolute atomic E-state index is 12.5. The van der Waals surface area contributed by atoms with Gasteiger partial charge in [-0.05, 0) is 36.2 Å². The molecule has 1 N–H and O–H groups in total. The van der Waals surface area contributed by atoms with Crippen molar-refractivity contribution in [2.75, 3.05) is 5.32 Å². The molecule has 140 valence electrons. The van der Waals surface area contributed by atoms with Crippen LogP contribution in [0.15, 0.2) is 73.6 Å². The fraction of sp³-hybridized carbons (Fsp3) is 0.100. The standard InChI is InChI=1S/C20H17ClN6O/c21-17-7-4-8-18(20(17)27-14-22-13-24-27)25-19(28)10-9-15-11-23-26(12-15)16-5-2-1-3-6-16/h1-8,11-14H,9-10H2,(H,25,28). The smallest absolute Gasteiger partial charge is 0.224 e. The third kappa shape index (κ3) is 3.94. The first kappa shape index (κ1) is 17.9. The quantitative estimate of drug-likeness (QED) is 0.543. The molecule has 2 aromatic heterocycles. The van der Waals surface area contributed by atoms with E-state index in [0.29, 0.717) is 29.2 Å². The molecule has 0 aliphatic carbocycles. The van der Waals surface area contributed by atoms with Crippen molar-refractivity contribution >= 4 is 23.2 Å². The Hall–Kier alpha value is -3.45. The summed E-state index contributed by atoms with van der Waals surface area (Å²) in [7, 11) is 0. The summed E-state index contributed by atoms with van der Waals surface area (Å²) in [5.41, 5.74) is 3.14. The first-order valence-corrected chi connectivity index (χ1v) is 9.11. The van der Waals surface area contributed by atoms with Gasteiger partial charge in [0.15, 0.2) is 0 Å². The van der Waals surface area contributed by atoms with Gasteiger partial charge in [-0.2, -0.15) is 10.2 Å².